The van der Waals surface area contributed by atoms with Crippen molar-refractivity contribution < 1.29 is 13.9 Å². The molecular formula is C14H21FN2O2. The molecule has 19 heavy (non-hydrogen) atoms. The molecule has 0 heterocycles. The molecule has 0 aliphatic heterocycles. The molecule has 0 radical (unpaired) electrons. The largest absolute Gasteiger partial charge is 0.494 e. The van der Waals surface area contributed by atoms with Crippen LogP contribution in [-0.2, 0) is 4.79 Å². The second kappa shape index (κ2) is 8.48. The van der Waals surface area contributed by atoms with Gasteiger partial charge in [0.1, 0.15) is 11.6 Å². The predicted octanol–water partition coefficient (Wildman–Crippen LogP) is 1.84. The molecule has 0 saturated heterocycles. The van der Waals surface area contributed by atoms with E-state index in [0.29, 0.717) is 31.7 Å². The van der Waals surface area contributed by atoms with Gasteiger partial charge in [-0.3, -0.25) is 4.79 Å². The average Bonchev–Trinajstić information content (AvgIpc) is 2.40. The summed E-state index contributed by atoms with van der Waals surface area (Å²) >= 11 is 0. The van der Waals surface area contributed by atoms with Crippen LogP contribution in [-0.4, -0.2) is 25.1 Å². The van der Waals surface area contributed by atoms with Crippen molar-refractivity contribution in [1.82, 2.24) is 5.32 Å². The van der Waals surface area contributed by atoms with Crippen LogP contribution in [0.15, 0.2) is 24.3 Å². The zero-order valence-electron chi connectivity index (χ0n) is 11.2. The molecular weight excluding hydrogens is 247 g/mol. The summed E-state index contributed by atoms with van der Waals surface area (Å²) in [5.41, 5.74) is 5.67. The fourth-order valence-electron chi connectivity index (χ4n) is 1.58. The molecule has 1 unspecified atom stereocenters. The maximum Gasteiger partial charge on any atom is 0.236 e. The third-order valence-electron chi connectivity index (χ3n) is 2.64. The van der Waals surface area contributed by atoms with Crippen LogP contribution < -0.4 is 15.8 Å². The van der Waals surface area contributed by atoms with Gasteiger partial charge >= 0.3 is 0 Å². The van der Waals surface area contributed by atoms with Gasteiger partial charge in [-0.25, -0.2) is 4.39 Å². The smallest absolute Gasteiger partial charge is 0.236 e. The predicted molar refractivity (Wildman–Crippen MR) is 72.4 cm³/mol. The molecule has 1 rings (SSSR count). The van der Waals surface area contributed by atoms with Crippen molar-refractivity contribution in [2.45, 2.75) is 32.2 Å². The lowest BCUT2D eigenvalue weighted by Crippen LogP contribution is -2.41. The Morgan fingerprint density at radius 3 is 2.74 bits per heavy atom. The zero-order valence-corrected chi connectivity index (χ0v) is 11.2. The highest BCUT2D eigenvalue weighted by molar-refractivity contribution is 5.81. The number of nitrogens with one attached hydrogen (secondary N) is 1. The summed E-state index contributed by atoms with van der Waals surface area (Å²) in [4.78, 5) is 11.5. The molecule has 0 spiro atoms. The van der Waals surface area contributed by atoms with Gasteiger partial charge < -0.3 is 15.8 Å². The van der Waals surface area contributed by atoms with Gasteiger partial charge in [-0.1, -0.05) is 13.3 Å². The van der Waals surface area contributed by atoms with Crippen molar-refractivity contribution in [2.24, 2.45) is 5.73 Å². The average molecular weight is 268 g/mol. The van der Waals surface area contributed by atoms with E-state index in [1.165, 1.54) is 12.1 Å². The molecule has 0 aromatic heterocycles. The molecule has 1 aromatic carbocycles. The Bertz CT molecular complexity index is 382. The monoisotopic (exact) mass is 268 g/mol. The third kappa shape index (κ3) is 6.20. The van der Waals surface area contributed by atoms with E-state index in [2.05, 4.69) is 5.32 Å². The summed E-state index contributed by atoms with van der Waals surface area (Å²) in [7, 11) is 0. The van der Waals surface area contributed by atoms with Crippen molar-refractivity contribution in [3.05, 3.63) is 30.1 Å². The van der Waals surface area contributed by atoms with Crippen molar-refractivity contribution in [3.63, 3.8) is 0 Å². The highest BCUT2D eigenvalue weighted by atomic mass is 19.1. The molecule has 0 fully saturated rings. The minimum Gasteiger partial charge on any atom is -0.494 e. The first kappa shape index (κ1) is 15.4. The normalized spacial score (nSPS) is 11.9. The highest BCUT2D eigenvalue weighted by Crippen LogP contribution is 2.10. The van der Waals surface area contributed by atoms with E-state index in [-0.39, 0.29) is 11.7 Å². The lowest BCUT2D eigenvalue weighted by molar-refractivity contribution is -0.122. The summed E-state index contributed by atoms with van der Waals surface area (Å²) in [5.74, 6) is 0.212. The topological polar surface area (TPSA) is 64.4 Å². The van der Waals surface area contributed by atoms with E-state index in [9.17, 15) is 9.18 Å². The molecule has 0 saturated carbocycles. The van der Waals surface area contributed by atoms with Crippen LogP contribution in [0.1, 0.15) is 26.2 Å². The van der Waals surface area contributed by atoms with E-state index in [0.717, 1.165) is 6.42 Å². The molecule has 0 bridgehead atoms. The van der Waals surface area contributed by atoms with E-state index in [1.807, 2.05) is 6.92 Å². The summed E-state index contributed by atoms with van der Waals surface area (Å²) in [6.45, 7) is 2.98. The van der Waals surface area contributed by atoms with Crippen molar-refractivity contribution >= 4 is 5.91 Å². The fourth-order valence-corrected chi connectivity index (χ4v) is 1.58. The minimum absolute atomic E-state index is 0.122. The van der Waals surface area contributed by atoms with Crippen LogP contribution in [0, 0.1) is 5.82 Å². The van der Waals surface area contributed by atoms with Crippen LogP contribution in [0.2, 0.25) is 0 Å². The van der Waals surface area contributed by atoms with Crippen molar-refractivity contribution in [1.29, 1.82) is 0 Å². The van der Waals surface area contributed by atoms with E-state index >= 15 is 0 Å². The van der Waals surface area contributed by atoms with Gasteiger partial charge in [0, 0.05) is 6.54 Å². The van der Waals surface area contributed by atoms with Crippen LogP contribution in [0.4, 0.5) is 4.39 Å². The number of nitrogens with two attached hydrogens (primary N) is 1. The Morgan fingerprint density at radius 1 is 1.42 bits per heavy atom. The number of hydrogen-bond acceptors (Lipinski definition) is 3. The molecule has 4 nitrogen and oxygen atoms in total. The maximum absolute atomic E-state index is 12.6. The third-order valence-corrected chi connectivity index (χ3v) is 2.64. The number of hydrogen-bond donors (Lipinski definition) is 2. The number of amides is 1. The Hall–Kier alpha value is -1.62. The molecule has 0 aliphatic rings. The Labute approximate surface area is 113 Å². The van der Waals surface area contributed by atoms with Crippen LogP contribution >= 0.6 is 0 Å². The summed E-state index contributed by atoms with van der Waals surface area (Å²) in [5, 5.41) is 2.76. The van der Waals surface area contributed by atoms with Gasteiger partial charge in [-0.05, 0) is 37.1 Å². The van der Waals surface area contributed by atoms with Gasteiger partial charge in [0.05, 0.1) is 12.6 Å². The number of halogens is 1. The standard InChI is InChI=1S/C14H21FN2O2/c1-2-4-13(16)14(18)17-9-3-10-19-12-7-5-11(15)6-8-12/h5-8,13H,2-4,9-10,16H2,1H3,(H,17,18). The molecule has 1 atom stereocenters. The number of carbonyl (C=O) groups excluding carboxylic acids is 1. The van der Waals surface area contributed by atoms with Crippen LogP contribution in [0.5, 0.6) is 5.75 Å². The summed E-state index contributed by atoms with van der Waals surface area (Å²) in [6.07, 6.45) is 2.27. The van der Waals surface area contributed by atoms with Crippen molar-refractivity contribution in [2.75, 3.05) is 13.2 Å². The van der Waals surface area contributed by atoms with Gasteiger partial charge in [0.15, 0.2) is 0 Å². The highest BCUT2D eigenvalue weighted by Gasteiger charge is 2.10. The van der Waals surface area contributed by atoms with E-state index < -0.39 is 6.04 Å². The van der Waals surface area contributed by atoms with Gasteiger partial charge in [0.25, 0.3) is 0 Å². The second-order valence-electron chi connectivity index (χ2n) is 4.34. The first-order valence-electron chi connectivity index (χ1n) is 6.55. The number of benzene rings is 1. The second-order valence-corrected chi connectivity index (χ2v) is 4.34. The fraction of sp³-hybridized carbons (Fsp3) is 0.500. The summed E-state index contributed by atoms with van der Waals surface area (Å²) < 4.78 is 18.0. The maximum atomic E-state index is 12.6. The zero-order chi connectivity index (χ0) is 14.1. The molecule has 1 aromatic rings. The van der Waals surface area contributed by atoms with Crippen LogP contribution in [0.3, 0.4) is 0 Å². The lowest BCUT2D eigenvalue weighted by atomic mass is 10.2. The first-order chi connectivity index (χ1) is 9.13. The van der Waals surface area contributed by atoms with Gasteiger partial charge in [-0.2, -0.15) is 0 Å². The van der Waals surface area contributed by atoms with E-state index in [1.54, 1.807) is 12.1 Å². The molecule has 5 heteroatoms. The quantitative estimate of drug-likeness (QED) is 0.707. The Balaban J connectivity index is 2.11. The van der Waals surface area contributed by atoms with E-state index in [4.69, 9.17) is 10.5 Å². The lowest BCUT2D eigenvalue weighted by Gasteiger charge is -2.11. The van der Waals surface area contributed by atoms with Crippen LogP contribution in [0.25, 0.3) is 0 Å². The number of ether oxygens (including phenoxy) is 1. The molecule has 0 aliphatic carbocycles. The van der Waals surface area contributed by atoms with Gasteiger partial charge in [0.2, 0.25) is 5.91 Å². The molecule has 1 amide bonds. The number of carbonyl (C=O) groups is 1. The van der Waals surface area contributed by atoms with Crippen molar-refractivity contribution in [3.8, 4) is 5.75 Å². The minimum atomic E-state index is -0.428. The first-order valence-corrected chi connectivity index (χ1v) is 6.55. The van der Waals surface area contributed by atoms with Gasteiger partial charge in [-0.15, -0.1) is 0 Å². The SMILES string of the molecule is CCCC(N)C(=O)NCCCOc1ccc(F)cc1. The Morgan fingerprint density at radius 2 is 2.11 bits per heavy atom. The Kier molecular flexibility index (Phi) is 6.89. The molecule has 106 valence electrons. The number of rotatable bonds is 8. The molecule has 3 N–H and O–H groups in total. The summed E-state index contributed by atoms with van der Waals surface area (Å²) in [6, 6.07) is 5.42.